The summed E-state index contributed by atoms with van der Waals surface area (Å²) in [4.78, 5) is 27.0. The molecule has 12 nitrogen and oxygen atoms in total. The van der Waals surface area contributed by atoms with E-state index in [9.17, 15) is 4.79 Å². The molecule has 0 atom stereocenters. The first kappa shape index (κ1) is 21.5. The van der Waals surface area contributed by atoms with E-state index < -0.39 is 6.09 Å². The van der Waals surface area contributed by atoms with Crippen LogP contribution in [0.5, 0.6) is 0 Å². The fourth-order valence-electron chi connectivity index (χ4n) is 3.40. The Balaban J connectivity index is 0.000000147. The molecule has 0 saturated carbocycles. The van der Waals surface area contributed by atoms with Crippen LogP contribution in [0.25, 0.3) is 44.3 Å². The molecule has 172 valence electrons. The minimum absolute atomic E-state index is 0.275. The van der Waals surface area contributed by atoms with Gasteiger partial charge in [-0.1, -0.05) is 0 Å². The van der Waals surface area contributed by atoms with E-state index in [0.717, 1.165) is 38.7 Å². The highest BCUT2D eigenvalue weighted by Gasteiger charge is 2.05. The van der Waals surface area contributed by atoms with Gasteiger partial charge in [0.15, 0.2) is 11.3 Å². The zero-order valence-corrected chi connectivity index (χ0v) is 18.0. The Morgan fingerprint density at radius 2 is 1.31 bits per heavy atom. The van der Waals surface area contributed by atoms with Crippen LogP contribution >= 0.6 is 0 Å². The number of aromatic amines is 2. The maximum atomic E-state index is 10.6. The number of nitrogen functional groups attached to an aromatic ring is 1. The summed E-state index contributed by atoms with van der Waals surface area (Å²) in [6.07, 6.45) is 8.99. The molecule has 6 rings (SSSR count). The summed E-state index contributed by atoms with van der Waals surface area (Å²) < 4.78 is 0. The summed E-state index contributed by atoms with van der Waals surface area (Å²) >= 11 is 0. The molecule has 0 saturated heterocycles. The predicted molar refractivity (Wildman–Crippen MR) is 130 cm³/mol. The first-order chi connectivity index (χ1) is 17.0. The third-order valence-electron chi connectivity index (χ3n) is 5.03. The van der Waals surface area contributed by atoms with Gasteiger partial charge in [0.25, 0.3) is 0 Å². The summed E-state index contributed by atoms with van der Waals surface area (Å²) in [5.41, 5.74) is 10.8. The van der Waals surface area contributed by atoms with Gasteiger partial charge in [0.05, 0.1) is 12.4 Å². The summed E-state index contributed by atoms with van der Waals surface area (Å²) in [7, 11) is 0. The molecule has 35 heavy (non-hydrogen) atoms. The van der Waals surface area contributed by atoms with E-state index in [1.807, 2.05) is 24.3 Å². The van der Waals surface area contributed by atoms with Gasteiger partial charge in [-0.25, -0.2) is 24.7 Å². The maximum absolute atomic E-state index is 10.6. The van der Waals surface area contributed by atoms with Crippen molar-refractivity contribution in [1.82, 2.24) is 40.3 Å². The van der Waals surface area contributed by atoms with Gasteiger partial charge < -0.3 is 10.8 Å². The summed E-state index contributed by atoms with van der Waals surface area (Å²) in [5.74, 6) is 0.780. The highest BCUT2D eigenvalue weighted by molar-refractivity contribution is 5.84. The summed E-state index contributed by atoms with van der Waals surface area (Å²) in [5, 5.41) is 26.2. The van der Waals surface area contributed by atoms with Crippen molar-refractivity contribution in [3.63, 3.8) is 0 Å². The first-order valence-corrected chi connectivity index (χ1v) is 10.3. The van der Waals surface area contributed by atoms with Crippen LogP contribution in [0.4, 0.5) is 16.4 Å². The lowest BCUT2D eigenvalue weighted by Gasteiger charge is -2.04. The lowest BCUT2D eigenvalue weighted by Crippen LogP contribution is -2.08. The topological polar surface area (TPSA) is 184 Å². The van der Waals surface area contributed by atoms with Crippen molar-refractivity contribution in [2.45, 2.75) is 0 Å². The van der Waals surface area contributed by atoms with Crippen molar-refractivity contribution in [2.75, 3.05) is 11.1 Å². The van der Waals surface area contributed by atoms with Gasteiger partial charge in [-0.05, 0) is 47.5 Å². The number of amides is 1. The van der Waals surface area contributed by atoms with Gasteiger partial charge >= 0.3 is 6.09 Å². The molecular formula is C23H18N10O2. The SMILES string of the molecule is Nc1cc(-c2cnc3[nH]ncc3c2)ccn1.O=C(O)Nc1cc(-c2cnc3[nH]ncc3c2)ccn1. The zero-order chi connectivity index (χ0) is 24.2. The minimum Gasteiger partial charge on any atom is -0.465 e. The zero-order valence-electron chi connectivity index (χ0n) is 18.0. The number of nitrogens with two attached hydrogens (primary N) is 1. The smallest absolute Gasteiger partial charge is 0.410 e. The quantitative estimate of drug-likeness (QED) is 0.259. The number of nitrogens with one attached hydrogen (secondary N) is 3. The molecule has 1 amide bonds. The molecule has 0 bridgehead atoms. The molecule has 6 N–H and O–H groups in total. The van der Waals surface area contributed by atoms with Gasteiger partial charge in [-0.3, -0.25) is 15.5 Å². The molecule has 6 heterocycles. The molecule has 0 aliphatic rings. The predicted octanol–water partition coefficient (Wildman–Crippen LogP) is 3.71. The molecule has 0 radical (unpaired) electrons. The normalized spacial score (nSPS) is 10.6. The number of nitrogens with zero attached hydrogens (tertiary/aromatic N) is 6. The van der Waals surface area contributed by atoms with E-state index in [0.29, 0.717) is 11.5 Å². The lowest BCUT2D eigenvalue weighted by molar-refractivity contribution is 0.209. The van der Waals surface area contributed by atoms with E-state index >= 15 is 0 Å². The van der Waals surface area contributed by atoms with Gasteiger partial charge in [0, 0.05) is 46.7 Å². The summed E-state index contributed by atoms with van der Waals surface area (Å²) in [6, 6.07) is 11.1. The molecule has 0 aliphatic carbocycles. The van der Waals surface area contributed by atoms with E-state index in [-0.39, 0.29) is 5.82 Å². The van der Waals surface area contributed by atoms with Crippen LogP contribution in [0.2, 0.25) is 0 Å². The minimum atomic E-state index is -1.15. The number of H-pyrrole nitrogens is 2. The highest BCUT2D eigenvalue weighted by atomic mass is 16.4. The molecule has 6 aromatic heterocycles. The Labute approximate surface area is 197 Å². The number of pyridine rings is 4. The Morgan fingerprint density at radius 3 is 1.89 bits per heavy atom. The van der Waals surface area contributed by atoms with Gasteiger partial charge in [-0.2, -0.15) is 10.2 Å². The molecular weight excluding hydrogens is 448 g/mol. The van der Waals surface area contributed by atoms with Crippen molar-refractivity contribution in [3.8, 4) is 22.3 Å². The second-order valence-electron chi connectivity index (χ2n) is 7.39. The number of anilines is 2. The molecule has 0 fully saturated rings. The number of carboxylic acid groups (broad SMARTS) is 1. The Kier molecular flexibility index (Phi) is 5.66. The third kappa shape index (κ3) is 4.85. The molecule has 0 aliphatic heterocycles. The monoisotopic (exact) mass is 466 g/mol. The van der Waals surface area contributed by atoms with E-state index in [2.05, 4.69) is 45.6 Å². The summed E-state index contributed by atoms with van der Waals surface area (Å²) in [6.45, 7) is 0. The fourth-order valence-corrected chi connectivity index (χ4v) is 3.40. The van der Waals surface area contributed by atoms with Crippen molar-refractivity contribution >= 4 is 39.8 Å². The fraction of sp³-hybridized carbons (Fsp3) is 0. The van der Waals surface area contributed by atoms with E-state index in [4.69, 9.17) is 10.8 Å². The van der Waals surface area contributed by atoms with E-state index in [1.54, 1.807) is 49.3 Å². The Hall–Kier alpha value is -5.39. The number of rotatable bonds is 3. The van der Waals surface area contributed by atoms with Crippen LogP contribution in [0.3, 0.4) is 0 Å². The van der Waals surface area contributed by atoms with Crippen molar-refractivity contribution in [3.05, 3.63) is 73.6 Å². The highest BCUT2D eigenvalue weighted by Crippen LogP contribution is 2.24. The molecule has 6 aromatic rings. The second-order valence-corrected chi connectivity index (χ2v) is 7.39. The van der Waals surface area contributed by atoms with Crippen molar-refractivity contribution in [2.24, 2.45) is 0 Å². The Bertz CT molecular complexity index is 1640. The molecule has 0 unspecified atom stereocenters. The van der Waals surface area contributed by atoms with Gasteiger partial charge in [0.2, 0.25) is 0 Å². The van der Waals surface area contributed by atoms with Crippen LogP contribution in [0.15, 0.2) is 73.6 Å². The number of carbonyl (C=O) groups is 1. The van der Waals surface area contributed by atoms with Crippen LogP contribution < -0.4 is 11.1 Å². The molecule has 0 spiro atoms. The van der Waals surface area contributed by atoms with Gasteiger partial charge in [0.1, 0.15) is 11.6 Å². The standard InChI is InChI=1S/C12H9N5O2.C11H9N5/c18-12(19)16-10-4-7(1-2-13-10)8-3-9-6-15-17-11(9)14-5-8;12-10-4-7(1-2-13-10)8-3-9-6-15-16-11(9)14-5-8/h1-6H,(H,13,16)(H,18,19)(H,14,15,17);1-6H,(H2,12,13)(H,14,15,16). The Morgan fingerprint density at radius 1 is 0.743 bits per heavy atom. The van der Waals surface area contributed by atoms with Crippen LogP contribution in [0, 0.1) is 0 Å². The van der Waals surface area contributed by atoms with Crippen molar-refractivity contribution < 1.29 is 9.90 Å². The number of hydrogen-bond donors (Lipinski definition) is 5. The first-order valence-electron chi connectivity index (χ1n) is 10.3. The average molecular weight is 466 g/mol. The number of hydrogen-bond acceptors (Lipinski definition) is 8. The molecule has 12 heteroatoms. The van der Waals surface area contributed by atoms with Crippen molar-refractivity contribution in [1.29, 1.82) is 0 Å². The second kappa shape index (κ2) is 9.23. The number of fused-ring (bicyclic) bond motifs is 2. The average Bonchev–Trinajstić information content (AvgIpc) is 3.52. The number of aromatic nitrogens is 8. The van der Waals surface area contributed by atoms with Gasteiger partial charge in [-0.15, -0.1) is 0 Å². The maximum Gasteiger partial charge on any atom is 0.410 e. The van der Waals surface area contributed by atoms with E-state index in [1.165, 1.54) is 0 Å². The lowest BCUT2D eigenvalue weighted by atomic mass is 10.1. The molecule has 0 aromatic carbocycles. The van der Waals surface area contributed by atoms with Crippen LogP contribution in [0.1, 0.15) is 0 Å². The largest absolute Gasteiger partial charge is 0.465 e. The third-order valence-corrected chi connectivity index (χ3v) is 5.03. The van der Waals surface area contributed by atoms with Crippen LogP contribution in [-0.2, 0) is 0 Å². The van der Waals surface area contributed by atoms with Crippen LogP contribution in [-0.4, -0.2) is 51.5 Å².